The standard InChI is InChI=1S/C13H27N3O/c1-4-5-6-8-15-13(14-2)16-9-7-12(10-16)11-17-3/h12H,4-11H2,1-3H3,(H,14,15). The molecule has 0 radical (unpaired) electrons. The minimum absolute atomic E-state index is 0.661. The summed E-state index contributed by atoms with van der Waals surface area (Å²) in [6, 6.07) is 0. The zero-order chi connectivity index (χ0) is 12.5. The Morgan fingerprint density at radius 3 is 2.94 bits per heavy atom. The Balaban J connectivity index is 2.27. The Morgan fingerprint density at radius 2 is 2.29 bits per heavy atom. The number of nitrogens with zero attached hydrogens (tertiary/aromatic N) is 2. The first-order valence-electron chi connectivity index (χ1n) is 6.76. The summed E-state index contributed by atoms with van der Waals surface area (Å²) in [6.45, 7) is 6.29. The lowest BCUT2D eigenvalue weighted by atomic mass is 10.1. The maximum absolute atomic E-state index is 5.21. The first kappa shape index (κ1) is 14.3. The molecule has 0 aromatic heterocycles. The van der Waals surface area contributed by atoms with Crippen LogP contribution < -0.4 is 5.32 Å². The first-order chi connectivity index (χ1) is 8.31. The summed E-state index contributed by atoms with van der Waals surface area (Å²) in [5.41, 5.74) is 0. The fraction of sp³-hybridized carbons (Fsp3) is 0.923. The minimum atomic E-state index is 0.661. The molecule has 0 amide bonds. The average Bonchev–Trinajstić information content (AvgIpc) is 2.78. The molecule has 0 spiro atoms. The second kappa shape index (κ2) is 8.34. The molecular formula is C13H27N3O. The molecule has 1 N–H and O–H groups in total. The number of nitrogens with one attached hydrogen (secondary N) is 1. The second-order valence-corrected chi connectivity index (χ2v) is 4.74. The monoisotopic (exact) mass is 241 g/mol. The Bertz CT molecular complexity index is 231. The highest BCUT2D eigenvalue weighted by Gasteiger charge is 2.24. The van der Waals surface area contributed by atoms with Gasteiger partial charge in [0.1, 0.15) is 0 Å². The molecule has 0 aromatic rings. The van der Waals surface area contributed by atoms with Gasteiger partial charge in [-0.2, -0.15) is 0 Å². The maximum Gasteiger partial charge on any atom is 0.193 e. The van der Waals surface area contributed by atoms with Crippen molar-refractivity contribution >= 4 is 5.96 Å². The van der Waals surface area contributed by atoms with Crippen LogP contribution in [0, 0.1) is 5.92 Å². The van der Waals surface area contributed by atoms with Crippen LogP contribution in [0.5, 0.6) is 0 Å². The number of unbranched alkanes of at least 4 members (excludes halogenated alkanes) is 2. The van der Waals surface area contributed by atoms with Gasteiger partial charge in [-0.25, -0.2) is 0 Å². The molecule has 1 rings (SSSR count). The van der Waals surface area contributed by atoms with E-state index in [4.69, 9.17) is 4.74 Å². The van der Waals surface area contributed by atoms with E-state index in [-0.39, 0.29) is 0 Å². The summed E-state index contributed by atoms with van der Waals surface area (Å²) in [5.74, 6) is 1.72. The van der Waals surface area contributed by atoms with E-state index < -0.39 is 0 Å². The van der Waals surface area contributed by atoms with E-state index in [0.29, 0.717) is 5.92 Å². The molecule has 0 aliphatic carbocycles. The van der Waals surface area contributed by atoms with Crippen LogP contribution in [0.25, 0.3) is 0 Å². The number of methoxy groups -OCH3 is 1. The van der Waals surface area contributed by atoms with Crippen molar-refractivity contribution in [2.45, 2.75) is 32.6 Å². The van der Waals surface area contributed by atoms with E-state index in [2.05, 4.69) is 22.1 Å². The molecule has 0 aromatic carbocycles. The summed E-state index contributed by atoms with van der Waals surface area (Å²) < 4.78 is 5.21. The maximum atomic E-state index is 5.21. The quantitative estimate of drug-likeness (QED) is 0.437. The highest BCUT2D eigenvalue weighted by atomic mass is 16.5. The number of rotatable bonds is 6. The molecule has 1 aliphatic rings. The summed E-state index contributed by atoms with van der Waals surface area (Å²) in [6.07, 6.45) is 4.99. The van der Waals surface area contributed by atoms with Crippen molar-refractivity contribution in [3.05, 3.63) is 0 Å². The van der Waals surface area contributed by atoms with Gasteiger partial charge in [-0.1, -0.05) is 19.8 Å². The molecule has 1 fully saturated rings. The number of ether oxygens (including phenoxy) is 1. The Labute approximate surface area is 105 Å². The first-order valence-corrected chi connectivity index (χ1v) is 6.76. The Kier molecular flexibility index (Phi) is 7.01. The van der Waals surface area contributed by atoms with Gasteiger partial charge in [0, 0.05) is 39.7 Å². The van der Waals surface area contributed by atoms with Crippen molar-refractivity contribution in [2.75, 3.05) is 40.4 Å². The average molecular weight is 241 g/mol. The molecule has 1 saturated heterocycles. The molecule has 1 heterocycles. The Hall–Kier alpha value is -0.770. The van der Waals surface area contributed by atoms with Gasteiger partial charge < -0.3 is 15.0 Å². The molecule has 100 valence electrons. The van der Waals surface area contributed by atoms with Crippen LogP contribution in [-0.4, -0.2) is 51.3 Å². The third-order valence-corrected chi connectivity index (χ3v) is 3.26. The highest BCUT2D eigenvalue weighted by Crippen LogP contribution is 2.16. The second-order valence-electron chi connectivity index (χ2n) is 4.74. The molecule has 1 aliphatic heterocycles. The van der Waals surface area contributed by atoms with Gasteiger partial charge in [0.05, 0.1) is 6.61 Å². The molecule has 1 atom stereocenters. The van der Waals surface area contributed by atoms with Crippen molar-refractivity contribution in [3.8, 4) is 0 Å². The molecular weight excluding hydrogens is 214 g/mol. The van der Waals surface area contributed by atoms with Crippen LogP contribution in [0.1, 0.15) is 32.6 Å². The van der Waals surface area contributed by atoms with Crippen LogP contribution in [-0.2, 0) is 4.74 Å². The topological polar surface area (TPSA) is 36.9 Å². The van der Waals surface area contributed by atoms with E-state index in [1.165, 1.54) is 25.7 Å². The van der Waals surface area contributed by atoms with E-state index >= 15 is 0 Å². The molecule has 1 unspecified atom stereocenters. The van der Waals surface area contributed by atoms with Crippen LogP contribution in [0.15, 0.2) is 4.99 Å². The SMILES string of the molecule is CCCCCNC(=NC)N1CCC(COC)C1. The zero-order valence-corrected chi connectivity index (χ0v) is 11.5. The lowest BCUT2D eigenvalue weighted by Crippen LogP contribution is -2.40. The van der Waals surface area contributed by atoms with Gasteiger partial charge in [0.2, 0.25) is 0 Å². The van der Waals surface area contributed by atoms with E-state index in [1.807, 2.05) is 7.05 Å². The predicted octanol–water partition coefficient (Wildman–Crippen LogP) is 1.72. The third kappa shape index (κ3) is 4.94. The zero-order valence-electron chi connectivity index (χ0n) is 11.5. The largest absolute Gasteiger partial charge is 0.384 e. The molecule has 4 heteroatoms. The lowest BCUT2D eigenvalue weighted by Gasteiger charge is -2.21. The molecule has 17 heavy (non-hydrogen) atoms. The summed E-state index contributed by atoms with van der Waals surface area (Å²) in [4.78, 5) is 6.70. The highest BCUT2D eigenvalue weighted by molar-refractivity contribution is 5.80. The number of guanidine groups is 1. The lowest BCUT2D eigenvalue weighted by molar-refractivity contribution is 0.157. The minimum Gasteiger partial charge on any atom is -0.384 e. The van der Waals surface area contributed by atoms with Crippen LogP contribution in [0.2, 0.25) is 0 Å². The fourth-order valence-electron chi connectivity index (χ4n) is 2.30. The molecule has 0 saturated carbocycles. The fourth-order valence-corrected chi connectivity index (χ4v) is 2.30. The van der Waals surface area contributed by atoms with Gasteiger partial charge in [0.15, 0.2) is 5.96 Å². The number of hydrogen-bond acceptors (Lipinski definition) is 2. The van der Waals surface area contributed by atoms with E-state index in [0.717, 1.165) is 32.2 Å². The van der Waals surface area contributed by atoms with Gasteiger partial charge in [-0.05, 0) is 12.8 Å². The van der Waals surface area contributed by atoms with Crippen molar-refractivity contribution < 1.29 is 4.74 Å². The Morgan fingerprint density at radius 1 is 1.47 bits per heavy atom. The van der Waals surface area contributed by atoms with Crippen molar-refractivity contribution in [1.29, 1.82) is 0 Å². The van der Waals surface area contributed by atoms with Gasteiger partial charge >= 0.3 is 0 Å². The van der Waals surface area contributed by atoms with Gasteiger partial charge in [-0.3, -0.25) is 4.99 Å². The van der Waals surface area contributed by atoms with Crippen LogP contribution >= 0.6 is 0 Å². The predicted molar refractivity (Wildman–Crippen MR) is 72.4 cm³/mol. The van der Waals surface area contributed by atoms with Crippen molar-refractivity contribution in [2.24, 2.45) is 10.9 Å². The molecule has 0 bridgehead atoms. The van der Waals surface area contributed by atoms with E-state index in [1.54, 1.807) is 7.11 Å². The van der Waals surface area contributed by atoms with Gasteiger partial charge in [0.25, 0.3) is 0 Å². The summed E-state index contributed by atoms with van der Waals surface area (Å²) >= 11 is 0. The van der Waals surface area contributed by atoms with Gasteiger partial charge in [-0.15, -0.1) is 0 Å². The van der Waals surface area contributed by atoms with Crippen molar-refractivity contribution in [1.82, 2.24) is 10.2 Å². The normalized spacial score (nSPS) is 21.0. The number of likely N-dealkylation sites (tertiary alicyclic amines) is 1. The summed E-state index contributed by atoms with van der Waals surface area (Å²) in [7, 11) is 3.65. The van der Waals surface area contributed by atoms with E-state index in [9.17, 15) is 0 Å². The van der Waals surface area contributed by atoms with Crippen molar-refractivity contribution in [3.63, 3.8) is 0 Å². The summed E-state index contributed by atoms with van der Waals surface area (Å²) in [5, 5.41) is 3.44. The van der Waals surface area contributed by atoms with Crippen LogP contribution in [0.4, 0.5) is 0 Å². The number of aliphatic imine (C=N–C) groups is 1. The number of hydrogen-bond donors (Lipinski definition) is 1. The molecule has 4 nitrogen and oxygen atoms in total. The third-order valence-electron chi connectivity index (χ3n) is 3.26. The van der Waals surface area contributed by atoms with Crippen LogP contribution in [0.3, 0.4) is 0 Å². The smallest absolute Gasteiger partial charge is 0.193 e.